The van der Waals surface area contributed by atoms with Crippen molar-refractivity contribution in [1.82, 2.24) is 41.7 Å². The van der Waals surface area contributed by atoms with Crippen molar-refractivity contribution in [3.8, 4) is 33.8 Å². The Balaban J connectivity index is 1.22. The zero-order chi connectivity index (χ0) is 68.9. The molecule has 3 aliphatic rings. The van der Waals surface area contributed by atoms with Gasteiger partial charge in [-0.2, -0.15) is 4.91 Å². The number of nitrogens with zero attached hydrogens (tertiary/aromatic N) is 3. The summed E-state index contributed by atoms with van der Waals surface area (Å²) in [7, 11) is 0. The number of hydrogen-bond donors (Lipinski definition) is 14. The number of fused-ring (bicyclic) bond motifs is 2. The first-order valence-electron chi connectivity index (χ1n) is 32.0. The molecule has 15 atom stereocenters. The Kier molecular flexibility index (Phi) is 28.3. The number of aliphatic hydroxyl groups is 6. The van der Waals surface area contributed by atoms with Gasteiger partial charge in [-0.1, -0.05) is 92.5 Å². The van der Waals surface area contributed by atoms with Gasteiger partial charge in [-0.3, -0.25) is 38.9 Å². The summed E-state index contributed by atoms with van der Waals surface area (Å²) in [5.74, 6) is -8.49. The summed E-state index contributed by atoms with van der Waals surface area (Å²) in [6.07, 6.45) is -10.7. The van der Waals surface area contributed by atoms with Gasteiger partial charge in [0, 0.05) is 50.5 Å². The van der Waals surface area contributed by atoms with E-state index in [-0.39, 0.29) is 56.4 Å². The number of amides is 7. The number of carbonyl (C=O) groups is 7. The second-order valence-corrected chi connectivity index (χ2v) is 24.0. The lowest BCUT2D eigenvalue weighted by molar-refractivity contribution is -0.147. The third-order valence-electron chi connectivity index (χ3n) is 16.8. The van der Waals surface area contributed by atoms with Gasteiger partial charge in [0.05, 0.1) is 76.8 Å². The van der Waals surface area contributed by atoms with E-state index in [1.807, 2.05) is 48.5 Å². The molecule has 0 bridgehead atoms. The van der Waals surface area contributed by atoms with E-state index in [1.165, 1.54) is 31.2 Å². The average Bonchev–Trinajstić information content (AvgIpc) is 1.71. The fraction of sp³-hybridized carbons (Fsp3) is 0.530. The number of nitrogens with one attached hydrogen (secondary N) is 6. The molecular weight excluding hydrogens is 1240 g/mol. The Labute approximate surface area is 550 Å². The molecule has 15 N–H and O–H groups in total. The van der Waals surface area contributed by atoms with Crippen molar-refractivity contribution >= 4 is 41.4 Å². The lowest BCUT2D eigenvalue weighted by Gasteiger charge is -2.34. The van der Waals surface area contributed by atoms with Gasteiger partial charge < -0.3 is 96.8 Å². The molecule has 0 saturated carbocycles. The highest BCUT2D eigenvalue weighted by molar-refractivity contribution is 6.00. The number of carbonyl (C=O) groups excluding carboxylic acids is 7. The van der Waals surface area contributed by atoms with Crippen molar-refractivity contribution in [2.24, 2.45) is 16.8 Å². The summed E-state index contributed by atoms with van der Waals surface area (Å²) in [6, 6.07) is 13.0. The maximum absolute atomic E-state index is 14.9. The first kappa shape index (κ1) is 74.3. The molecule has 3 aliphatic heterocycles. The van der Waals surface area contributed by atoms with Crippen LogP contribution in [0.3, 0.4) is 0 Å². The second-order valence-electron chi connectivity index (χ2n) is 24.0. The number of nitroso groups, excluding NO2 is 1. The van der Waals surface area contributed by atoms with E-state index in [0.717, 1.165) is 83.0 Å². The van der Waals surface area contributed by atoms with E-state index in [1.54, 1.807) is 12.1 Å². The summed E-state index contributed by atoms with van der Waals surface area (Å²) in [6.45, 7) is 6.82. The topological polar surface area (TPSA) is 432 Å². The van der Waals surface area contributed by atoms with Crippen molar-refractivity contribution in [3.05, 3.63) is 113 Å². The zero-order valence-electron chi connectivity index (χ0n) is 53.7. The zero-order valence-corrected chi connectivity index (χ0v) is 53.7. The van der Waals surface area contributed by atoms with Gasteiger partial charge in [0.1, 0.15) is 66.1 Å². The number of rotatable bonds is 27. The average molecular weight is 1330 g/mol. The molecule has 95 heavy (non-hydrogen) atoms. The Bertz CT molecular complexity index is 3170. The predicted molar refractivity (Wildman–Crippen MR) is 344 cm³/mol. The number of phenols is 1. The van der Waals surface area contributed by atoms with Crippen LogP contribution in [-0.2, 0) is 43.0 Å². The molecule has 518 valence electrons. The Hall–Kier alpha value is -8.07. The van der Waals surface area contributed by atoms with E-state index in [4.69, 9.17) is 24.7 Å². The van der Waals surface area contributed by atoms with Crippen LogP contribution < -0.4 is 42.4 Å². The minimum atomic E-state index is -2.32. The van der Waals surface area contributed by atoms with Crippen LogP contribution in [0.5, 0.6) is 11.5 Å². The number of aliphatic hydroxyl groups excluding tert-OH is 6. The number of ether oxygens (including phenoxy) is 4. The van der Waals surface area contributed by atoms with Crippen LogP contribution in [0.25, 0.3) is 22.3 Å². The van der Waals surface area contributed by atoms with Crippen LogP contribution >= 0.6 is 0 Å². The Morgan fingerprint density at radius 2 is 1.18 bits per heavy atom. The minimum absolute atomic E-state index is 0.0292. The van der Waals surface area contributed by atoms with Crippen LogP contribution in [0.4, 0.5) is 0 Å². The third kappa shape index (κ3) is 20.2. The highest BCUT2D eigenvalue weighted by atomic mass is 16.5. The number of benzene rings is 4. The van der Waals surface area contributed by atoms with Gasteiger partial charge in [0.2, 0.25) is 35.4 Å². The maximum Gasteiger partial charge on any atom is 0.251 e. The van der Waals surface area contributed by atoms with E-state index >= 15 is 0 Å². The van der Waals surface area contributed by atoms with E-state index < -0.39 is 152 Å². The molecule has 6 unspecified atom stereocenters. The number of nitrogens with two attached hydrogens (primary N) is 1. The Morgan fingerprint density at radius 3 is 1.75 bits per heavy atom. The minimum Gasteiger partial charge on any atom is -0.508 e. The highest BCUT2D eigenvalue weighted by Gasteiger charge is 2.50. The number of aromatic hydroxyl groups is 1. The molecule has 0 radical (unpaired) electrons. The number of phenolic OH excluding ortho intramolecular Hbond substituents is 1. The van der Waals surface area contributed by atoms with Crippen molar-refractivity contribution in [2.45, 2.75) is 145 Å². The number of unbranched alkanes of at least 4 members (excludes halogenated alkanes) is 2. The largest absolute Gasteiger partial charge is 0.508 e. The second kappa shape index (κ2) is 36.2. The fourth-order valence-electron chi connectivity index (χ4n) is 11.5. The summed E-state index contributed by atoms with van der Waals surface area (Å²) in [4.78, 5) is 117. The van der Waals surface area contributed by atoms with Crippen LogP contribution in [0.2, 0.25) is 0 Å². The normalized spacial score (nSPS) is 25.4. The molecule has 0 aliphatic carbocycles. The van der Waals surface area contributed by atoms with Crippen LogP contribution in [-0.4, -0.2) is 238 Å². The van der Waals surface area contributed by atoms with Gasteiger partial charge in [-0.25, -0.2) is 0 Å². The van der Waals surface area contributed by atoms with E-state index in [2.05, 4.69) is 44.0 Å². The van der Waals surface area contributed by atoms with Crippen molar-refractivity contribution in [1.29, 1.82) is 0 Å². The van der Waals surface area contributed by atoms with Crippen molar-refractivity contribution < 1.29 is 88.3 Å². The molecule has 29 nitrogen and oxygen atoms in total. The van der Waals surface area contributed by atoms with Gasteiger partial charge in [0.25, 0.3) is 5.91 Å². The monoisotopic (exact) mass is 1330 g/mol. The van der Waals surface area contributed by atoms with Crippen molar-refractivity contribution in [3.63, 3.8) is 0 Å². The van der Waals surface area contributed by atoms with E-state index in [0.29, 0.717) is 26.4 Å². The van der Waals surface area contributed by atoms with Crippen molar-refractivity contribution in [2.75, 3.05) is 72.4 Å². The molecule has 29 heteroatoms. The molecular formula is C66H90N10O19. The molecule has 4 aromatic rings. The fourth-order valence-corrected chi connectivity index (χ4v) is 11.5. The molecule has 0 aromatic heterocycles. The number of hydrogen-bond acceptors (Lipinski definition) is 22. The lowest BCUT2D eigenvalue weighted by atomic mass is 9.95. The van der Waals surface area contributed by atoms with Gasteiger partial charge >= 0.3 is 0 Å². The Morgan fingerprint density at radius 1 is 0.642 bits per heavy atom. The van der Waals surface area contributed by atoms with Crippen LogP contribution in [0, 0.1) is 10.8 Å². The first-order valence-corrected chi connectivity index (χ1v) is 32.0. The van der Waals surface area contributed by atoms with Crippen LogP contribution in [0.15, 0.2) is 102 Å². The standard InChI is InChI=1S/C66H90N10O19/c1-5-6-7-26-95-48-22-18-43(19-23-48)41-10-8-40(9-11-41)42-12-14-45(15-13-42)60(84)69-49-34-51(81)59(68-25-28-93-30-32-94-31-29-92-27-24-67)73-64(88)56-57(82)37(2)35-76(56)66(90)53(39(4)78)71-63(87)55(58(83)54(74-91)44-16-20-46(79)21-17-44)72-62(86)50-33-47(80)36-75(50)65(89)52(38(3)77)70-61(49)85/h8-23,37-39,47,49-59,68,77-83H,5-7,24-36,67H2,1-4H3,(H,69,84)(H,70,85)(H,71,87)(H,72,86)(H,73,88)/t37-,38+,39+,47+,49-,50?,51+,52?,53?,54-,55?,56?,57-,58+,59?/m0/s1. The molecule has 4 aromatic carbocycles. The first-order chi connectivity index (χ1) is 45.5. The van der Waals surface area contributed by atoms with Gasteiger partial charge in [-0.15, -0.1) is 0 Å². The van der Waals surface area contributed by atoms with Gasteiger partial charge in [0.15, 0.2) is 0 Å². The molecule has 7 amide bonds. The smallest absolute Gasteiger partial charge is 0.251 e. The van der Waals surface area contributed by atoms with Crippen LogP contribution in [0.1, 0.15) is 81.8 Å². The molecule has 3 heterocycles. The van der Waals surface area contributed by atoms with E-state index in [9.17, 15) is 74.2 Å². The molecule has 7 rings (SSSR count). The predicted octanol–water partition coefficient (Wildman–Crippen LogP) is -0.547. The molecule has 3 fully saturated rings. The molecule has 3 saturated heterocycles. The maximum atomic E-state index is 14.9. The summed E-state index contributed by atoms with van der Waals surface area (Å²) in [5.41, 5.74) is 8.86. The third-order valence-corrected chi connectivity index (χ3v) is 16.8. The summed E-state index contributed by atoms with van der Waals surface area (Å²) >= 11 is 0. The quantitative estimate of drug-likeness (QED) is 0.0263. The highest BCUT2D eigenvalue weighted by Crippen LogP contribution is 2.31. The summed E-state index contributed by atoms with van der Waals surface area (Å²) < 4.78 is 22.4. The van der Waals surface area contributed by atoms with Gasteiger partial charge in [-0.05, 0) is 84.5 Å². The SMILES string of the molecule is CCCCCOc1ccc(-c2ccc(-c3ccc(C(=O)N[C@H]4C[C@@H](O)C(NCCOCCOCCOCCN)NC(=O)C5[C@@H](O)[C@@H](C)CN5C(=O)C([C@@H](C)O)NC(=O)C([C@H](O)[C@@H](N=O)c5ccc(O)cc5)NC(=O)C5C[C@@H](O)CN5C(=O)C([C@@H](C)O)NC4=O)cc3)cc2)cc1. The summed E-state index contributed by atoms with van der Waals surface area (Å²) in [5, 5.41) is 97.8. The molecule has 0 spiro atoms. The lowest BCUT2D eigenvalue weighted by Crippen LogP contribution is -2.64.